The van der Waals surface area contributed by atoms with Crippen molar-refractivity contribution in [3.8, 4) is 0 Å². The molecule has 2 aromatic rings. The number of aromatic nitrogens is 4. The SMILES string of the molecule is CCc1cnc(C)c(C)n1.Cc1cnc(C)cn1. The van der Waals surface area contributed by atoms with E-state index in [4.69, 9.17) is 0 Å². The van der Waals surface area contributed by atoms with Crippen LogP contribution >= 0.6 is 0 Å². The molecule has 0 unspecified atom stereocenters. The lowest BCUT2D eigenvalue weighted by molar-refractivity contribution is 0.941. The van der Waals surface area contributed by atoms with Gasteiger partial charge < -0.3 is 0 Å². The van der Waals surface area contributed by atoms with Crippen LogP contribution in [0, 0.1) is 27.7 Å². The van der Waals surface area contributed by atoms with Crippen molar-refractivity contribution in [2.75, 3.05) is 0 Å². The highest BCUT2D eigenvalue weighted by atomic mass is 14.8. The van der Waals surface area contributed by atoms with Crippen LogP contribution in [0.2, 0.25) is 0 Å². The Hall–Kier alpha value is -1.84. The predicted octanol–water partition coefficient (Wildman–Crippen LogP) is 2.75. The van der Waals surface area contributed by atoms with Crippen LogP contribution < -0.4 is 0 Å². The molecule has 0 aliphatic rings. The number of hydrogen-bond donors (Lipinski definition) is 0. The summed E-state index contributed by atoms with van der Waals surface area (Å²) >= 11 is 0. The Morgan fingerprint density at radius 2 is 1.33 bits per heavy atom. The molecule has 0 aliphatic heterocycles. The summed E-state index contributed by atoms with van der Waals surface area (Å²) in [5.41, 5.74) is 5.07. The van der Waals surface area contributed by atoms with Gasteiger partial charge in [-0.1, -0.05) is 6.92 Å². The summed E-state index contributed by atoms with van der Waals surface area (Å²) in [6.07, 6.45) is 6.32. The second-order valence-electron chi connectivity index (χ2n) is 4.18. The summed E-state index contributed by atoms with van der Waals surface area (Å²) < 4.78 is 0. The van der Waals surface area contributed by atoms with Crippen LogP contribution in [0.5, 0.6) is 0 Å². The molecule has 96 valence electrons. The van der Waals surface area contributed by atoms with E-state index in [1.165, 1.54) is 0 Å². The fourth-order valence-electron chi connectivity index (χ4n) is 1.22. The topological polar surface area (TPSA) is 51.6 Å². The lowest BCUT2D eigenvalue weighted by Gasteiger charge is -1.99. The Kier molecular flexibility index (Phi) is 5.36. The van der Waals surface area contributed by atoms with Crippen molar-refractivity contribution in [2.24, 2.45) is 0 Å². The van der Waals surface area contributed by atoms with Crippen molar-refractivity contribution >= 4 is 0 Å². The van der Waals surface area contributed by atoms with Gasteiger partial charge in [-0.3, -0.25) is 19.9 Å². The normalized spacial score (nSPS) is 9.61. The number of hydrogen-bond acceptors (Lipinski definition) is 4. The third-order valence-corrected chi connectivity index (χ3v) is 2.51. The highest BCUT2D eigenvalue weighted by Gasteiger charge is 1.95. The predicted molar refractivity (Wildman–Crippen MR) is 72.4 cm³/mol. The van der Waals surface area contributed by atoms with Gasteiger partial charge in [0, 0.05) is 18.6 Å². The lowest BCUT2D eigenvalue weighted by Crippen LogP contribution is -1.95. The highest BCUT2D eigenvalue weighted by Crippen LogP contribution is 2.00. The minimum absolute atomic E-state index is 0.966. The van der Waals surface area contributed by atoms with E-state index in [0.29, 0.717) is 0 Å². The summed E-state index contributed by atoms with van der Waals surface area (Å²) in [6, 6.07) is 0. The molecule has 2 rings (SSSR count). The molecule has 0 atom stereocenters. The molecule has 0 spiro atoms. The van der Waals surface area contributed by atoms with Gasteiger partial charge in [0.25, 0.3) is 0 Å². The van der Waals surface area contributed by atoms with Crippen molar-refractivity contribution in [3.05, 3.63) is 47.1 Å². The molecule has 4 nitrogen and oxygen atoms in total. The molecule has 0 fully saturated rings. The van der Waals surface area contributed by atoms with Crippen molar-refractivity contribution in [3.63, 3.8) is 0 Å². The smallest absolute Gasteiger partial charge is 0.0588 e. The van der Waals surface area contributed by atoms with Crippen molar-refractivity contribution in [1.29, 1.82) is 0 Å². The molecular formula is C14H20N4. The monoisotopic (exact) mass is 244 g/mol. The van der Waals surface area contributed by atoms with Crippen molar-refractivity contribution < 1.29 is 0 Å². The van der Waals surface area contributed by atoms with Gasteiger partial charge in [-0.15, -0.1) is 0 Å². The number of rotatable bonds is 1. The van der Waals surface area contributed by atoms with Gasteiger partial charge >= 0.3 is 0 Å². The first kappa shape index (κ1) is 14.2. The lowest BCUT2D eigenvalue weighted by atomic mass is 10.3. The van der Waals surface area contributed by atoms with Crippen molar-refractivity contribution in [2.45, 2.75) is 41.0 Å². The highest BCUT2D eigenvalue weighted by molar-refractivity contribution is 5.10. The van der Waals surface area contributed by atoms with E-state index in [2.05, 4.69) is 26.9 Å². The van der Waals surface area contributed by atoms with Crippen LogP contribution in [0.1, 0.15) is 35.4 Å². The second-order valence-corrected chi connectivity index (χ2v) is 4.18. The van der Waals surface area contributed by atoms with Gasteiger partial charge in [0.05, 0.1) is 28.5 Å². The maximum atomic E-state index is 4.33. The Balaban J connectivity index is 0.000000184. The maximum absolute atomic E-state index is 4.33. The number of nitrogens with zero attached hydrogens (tertiary/aromatic N) is 4. The van der Waals surface area contributed by atoms with Crippen LogP contribution in [-0.2, 0) is 6.42 Å². The quantitative estimate of drug-likeness (QED) is 0.774. The fraction of sp³-hybridized carbons (Fsp3) is 0.429. The average Bonchev–Trinajstić information content (AvgIpc) is 2.37. The second kappa shape index (κ2) is 6.79. The first-order valence-corrected chi connectivity index (χ1v) is 6.07. The van der Waals surface area contributed by atoms with Gasteiger partial charge in [0.15, 0.2) is 0 Å². The first-order valence-electron chi connectivity index (χ1n) is 6.07. The zero-order valence-corrected chi connectivity index (χ0v) is 11.7. The van der Waals surface area contributed by atoms with Gasteiger partial charge in [0.1, 0.15) is 0 Å². The molecule has 0 radical (unpaired) electrons. The minimum atomic E-state index is 0.966. The molecule has 0 aromatic carbocycles. The summed E-state index contributed by atoms with van der Waals surface area (Å²) in [4.78, 5) is 16.5. The van der Waals surface area contributed by atoms with E-state index in [-0.39, 0.29) is 0 Å². The zero-order valence-electron chi connectivity index (χ0n) is 11.7. The molecular weight excluding hydrogens is 224 g/mol. The molecule has 4 heteroatoms. The van der Waals surface area contributed by atoms with Crippen LogP contribution in [0.3, 0.4) is 0 Å². The van der Waals surface area contributed by atoms with E-state index >= 15 is 0 Å². The molecule has 2 aromatic heterocycles. The Morgan fingerprint density at radius 3 is 1.72 bits per heavy atom. The summed E-state index contributed by atoms with van der Waals surface area (Å²) in [7, 11) is 0. The Bertz CT molecular complexity index is 471. The molecule has 0 N–H and O–H groups in total. The maximum Gasteiger partial charge on any atom is 0.0588 e. The standard InChI is InChI=1S/C8H12N2.C6H8N2/c1-4-8-5-9-6(2)7(3)10-8;1-5-3-8-6(2)4-7-5/h5H,4H2,1-3H3;3-4H,1-2H3. The van der Waals surface area contributed by atoms with Gasteiger partial charge in [0.2, 0.25) is 0 Å². The van der Waals surface area contributed by atoms with Gasteiger partial charge in [-0.2, -0.15) is 0 Å². The summed E-state index contributed by atoms with van der Waals surface area (Å²) in [5, 5.41) is 0. The first-order chi connectivity index (χ1) is 8.52. The van der Waals surface area contributed by atoms with Crippen LogP contribution in [-0.4, -0.2) is 19.9 Å². The molecule has 0 bridgehead atoms. The largest absolute Gasteiger partial charge is 0.258 e. The van der Waals surface area contributed by atoms with Crippen LogP contribution in [0.25, 0.3) is 0 Å². The molecule has 0 aliphatic carbocycles. The molecule has 0 amide bonds. The van der Waals surface area contributed by atoms with E-state index in [9.17, 15) is 0 Å². The summed E-state index contributed by atoms with van der Waals surface area (Å²) in [6.45, 7) is 9.89. The number of aryl methyl sites for hydroxylation is 5. The van der Waals surface area contributed by atoms with E-state index in [1.54, 1.807) is 12.4 Å². The minimum Gasteiger partial charge on any atom is -0.258 e. The van der Waals surface area contributed by atoms with Gasteiger partial charge in [-0.25, -0.2) is 0 Å². The van der Waals surface area contributed by atoms with E-state index in [1.807, 2.05) is 33.9 Å². The van der Waals surface area contributed by atoms with Crippen LogP contribution in [0.4, 0.5) is 0 Å². The third kappa shape index (κ3) is 4.57. The molecule has 0 saturated carbocycles. The van der Waals surface area contributed by atoms with Gasteiger partial charge in [-0.05, 0) is 34.1 Å². The Morgan fingerprint density at radius 1 is 0.778 bits per heavy atom. The van der Waals surface area contributed by atoms with Crippen LogP contribution in [0.15, 0.2) is 18.6 Å². The molecule has 18 heavy (non-hydrogen) atoms. The molecule has 2 heterocycles. The summed E-state index contributed by atoms with van der Waals surface area (Å²) in [5.74, 6) is 0. The molecule has 0 saturated heterocycles. The Labute approximate surface area is 109 Å². The van der Waals surface area contributed by atoms with Crippen molar-refractivity contribution in [1.82, 2.24) is 19.9 Å². The third-order valence-electron chi connectivity index (χ3n) is 2.51. The van der Waals surface area contributed by atoms with E-state index < -0.39 is 0 Å². The van der Waals surface area contributed by atoms with E-state index in [0.717, 1.165) is 34.9 Å². The fourth-order valence-corrected chi connectivity index (χ4v) is 1.22. The average molecular weight is 244 g/mol. The zero-order chi connectivity index (χ0) is 13.5.